The summed E-state index contributed by atoms with van der Waals surface area (Å²) in [5, 5.41) is 2.69. The summed E-state index contributed by atoms with van der Waals surface area (Å²) in [6.07, 6.45) is 3.63. The summed E-state index contributed by atoms with van der Waals surface area (Å²) in [7, 11) is -1.56. The van der Waals surface area contributed by atoms with Crippen LogP contribution in [-0.4, -0.2) is 26.1 Å². The molecule has 0 spiro atoms. The Morgan fingerprint density at radius 1 is 1.07 bits per heavy atom. The van der Waals surface area contributed by atoms with E-state index in [4.69, 9.17) is 11.6 Å². The molecule has 2 N–H and O–H groups in total. The molecule has 1 aromatic heterocycles. The molecular weight excluding hydrogens is 422 g/mol. The first-order valence-corrected chi connectivity index (χ1v) is 10.9. The smallest absolute Gasteiger partial charge is 0.251 e. The van der Waals surface area contributed by atoms with Crippen LogP contribution in [0.25, 0.3) is 0 Å². The number of pyridine rings is 1. The van der Waals surface area contributed by atoms with Crippen LogP contribution in [0.5, 0.6) is 0 Å². The van der Waals surface area contributed by atoms with Gasteiger partial charge in [-0.05, 0) is 60.0 Å². The zero-order valence-electron chi connectivity index (χ0n) is 15.8. The van der Waals surface area contributed by atoms with Gasteiger partial charge >= 0.3 is 0 Å². The molecular formula is C22H18ClN3O3S. The van der Waals surface area contributed by atoms with Crippen LogP contribution in [0, 0.1) is 0 Å². The third kappa shape index (κ3) is 4.42. The van der Waals surface area contributed by atoms with E-state index in [1.54, 1.807) is 42.7 Å². The second kappa shape index (κ2) is 8.77. The number of rotatable bonds is 5. The summed E-state index contributed by atoms with van der Waals surface area (Å²) in [4.78, 5) is 29.5. The van der Waals surface area contributed by atoms with Gasteiger partial charge in [-0.1, -0.05) is 23.7 Å². The molecule has 152 valence electrons. The first-order chi connectivity index (χ1) is 14.5. The maximum atomic E-state index is 13.1. The molecule has 3 aromatic rings. The van der Waals surface area contributed by atoms with Crippen molar-refractivity contribution < 1.29 is 13.8 Å². The van der Waals surface area contributed by atoms with Crippen molar-refractivity contribution in [3.63, 3.8) is 0 Å². The Kier molecular flexibility index (Phi) is 5.92. The molecule has 0 saturated heterocycles. The number of halogens is 1. The standard InChI is InChI=1S/C22H18ClN3O3S/c23-17-4-1-14(2-5-17)11-20-21(27)18-12-16(3-6-19(18)26-30(20)29)22(28)25-13-15-7-9-24-10-8-15/h1-10,12,20,26H,11,13H2,(H,25,28). The molecule has 0 fully saturated rings. The predicted octanol–water partition coefficient (Wildman–Crippen LogP) is 3.55. The fourth-order valence-electron chi connectivity index (χ4n) is 3.22. The Morgan fingerprint density at radius 2 is 1.80 bits per heavy atom. The SMILES string of the molecule is O=C(NCc1ccncc1)c1ccc2c(c1)C(=O)C(Cc1ccc(Cl)cc1)S(=O)N2. The largest absolute Gasteiger partial charge is 0.348 e. The first-order valence-electron chi connectivity index (χ1n) is 9.28. The first kappa shape index (κ1) is 20.3. The lowest BCUT2D eigenvalue weighted by Crippen LogP contribution is -2.37. The lowest BCUT2D eigenvalue weighted by Gasteiger charge is -2.24. The van der Waals surface area contributed by atoms with Crippen molar-refractivity contribution in [1.82, 2.24) is 10.3 Å². The quantitative estimate of drug-likeness (QED) is 0.636. The lowest BCUT2D eigenvalue weighted by molar-refractivity contribution is 0.0951. The summed E-state index contributed by atoms with van der Waals surface area (Å²) >= 11 is 5.91. The number of aromatic nitrogens is 1. The van der Waals surface area contributed by atoms with Crippen LogP contribution < -0.4 is 10.0 Å². The monoisotopic (exact) mass is 439 g/mol. The molecule has 0 radical (unpaired) electrons. The van der Waals surface area contributed by atoms with E-state index in [1.807, 2.05) is 24.3 Å². The normalized spacial score (nSPS) is 17.7. The summed E-state index contributed by atoms with van der Waals surface area (Å²) in [5.74, 6) is -0.538. The van der Waals surface area contributed by atoms with Gasteiger partial charge in [-0.15, -0.1) is 0 Å². The number of carbonyl (C=O) groups excluding carboxylic acids is 2. The Balaban J connectivity index is 1.52. The molecule has 0 saturated carbocycles. The van der Waals surface area contributed by atoms with E-state index in [2.05, 4.69) is 15.0 Å². The van der Waals surface area contributed by atoms with Crippen LogP contribution in [0.1, 0.15) is 31.8 Å². The molecule has 6 nitrogen and oxygen atoms in total. The molecule has 2 unspecified atom stereocenters. The van der Waals surface area contributed by atoms with E-state index in [1.165, 1.54) is 0 Å². The highest BCUT2D eigenvalue weighted by Gasteiger charge is 2.34. The summed E-state index contributed by atoms with van der Waals surface area (Å²) in [6.45, 7) is 0.355. The van der Waals surface area contributed by atoms with Gasteiger partial charge in [-0.3, -0.25) is 14.6 Å². The molecule has 4 rings (SSSR count). The van der Waals surface area contributed by atoms with Gasteiger partial charge in [-0.25, -0.2) is 4.21 Å². The highest BCUT2D eigenvalue weighted by molar-refractivity contribution is 7.88. The molecule has 8 heteroatoms. The number of ketones is 1. The number of carbonyl (C=O) groups is 2. The van der Waals surface area contributed by atoms with Crippen molar-refractivity contribution in [1.29, 1.82) is 0 Å². The summed E-state index contributed by atoms with van der Waals surface area (Å²) in [6, 6.07) is 15.5. The Morgan fingerprint density at radius 3 is 2.53 bits per heavy atom. The second-order valence-electron chi connectivity index (χ2n) is 6.88. The third-order valence-electron chi connectivity index (χ3n) is 4.85. The summed E-state index contributed by atoms with van der Waals surface area (Å²) < 4.78 is 15.5. The van der Waals surface area contributed by atoms with Gasteiger partial charge in [0.1, 0.15) is 16.2 Å². The number of fused-ring (bicyclic) bond motifs is 1. The third-order valence-corrected chi connectivity index (χ3v) is 6.42. The Labute approximate surface area is 181 Å². The topological polar surface area (TPSA) is 88.2 Å². The van der Waals surface area contributed by atoms with Gasteiger partial charge in [0.05, 0.1) is 5.69 Å². The molecule has 2 atom stereocenters. The predicted molar refractivity (Wildman–Crippen MR) is 117 cm³/mol. The lowest BCUT2D eigenvalue weighted by atomic mass is 9.98. The zero-order valence-corrected chi connectivity index (χ0v) is 17.4. The fourth-order valence-corrected chi connectivity index (χ4v) is 4.54. The van der Waals surface area contributed by atoms with Gasteiger partial charge < -0.3 is 10.0 Å². The van der Waals surface area contributed by atoms with E-state index < -0.39 is 16.2 Å². The van der Waals surface area contributed by atoms with E-state index >= 15 is 0 Å². The molecule has 1 aliphatic heterocycles. The average molecular weight is 440 g/mol. The number of anilines is 1. The van der Waals surface area contributed by atoms with Crippen molar-refractivity contribution in [2.75, 3.05) is 4.72 Å². The van der Waals surface area contributed by atoms with Gasteiger partial charge in [0, 0.05) is 35.1 Å². The molecule has 0 aliphatic carbocycles. The molecule has 1 amide bonds. The maximum absolute atomic E-state index is 13.1. The zero-order chi connectivity index (χ0) is 21.1. The van der Waals surface area contributed by atoms with Gasteiger partial charge in [0.15, 0.2) is 5.78 Å². The van der Waals surface area contributed by atoms with Crippen LogP contribution >= 0.6 is 11.6 Å². The Hall–Kier alpha value is -3.03. The highest BCUT2D eigenvalue weighted by atomic mass is 35.5. The molecule has 2 heterocycles. The average Bonchev–Trinajstić information content (AvgIpc) is 2.77. The van der Waals surface area contributed by atoms with Crippen LogP contribution in [0.3, 0.4) is 0 Å². The highest BCUT2D eigenvalue weighted by Crippen LogP contribution is 2.28. The molecule has 2 aromatic carbocycles. The van der Waals surface area contributed by atoms with Crippen molar-refractivity contribution in [2.45, 2.75) is 18.2 Å². The minimum atomic E-state index is -1.56. The van der Waals surface area contributed by atoms with E-state index in [0.29, 0.717) is 34.8 Å². The molecule has 0 bridgehead atoms. The number of hydrogen-bond acceptors (Lipinski definition) is 4. The minimum Gasteiger partial charge on any atom is -0.348 e. The number of Topliss-reactive ketones (excluding diaryl/α,β-unsaturated/α-hetero) is 1. The van der Waals surface area contributed by atoms with Crippen molar-refractivity contribution in [3.8, 4) is 0 Å². The summed E-state index contributed by atoms with van der Waals surface area (Å²) in [5.41, 5.74) is 2.99. The maximum Gasteiger partial charge on any atom is 0.251 e. The van der Waals surface area contributed by atoms with E-state index in [9.17, 15) is 13.8 Å². The van der Waals surface area contributed by atoms with Crippen LogP contribution in [-0.2, 0) is 24.0 Å². The molecule has 30 heavy (non-hydrogen) atoms. The minimum absolute atomic E-state index is 0.249. The van der Waals surface area contributed by atoms with Crippen molar-refractivity contribution in [2.24, 2.45) is 0 Å². The number of hydrogen-bond donors (Lipinski definition) is 2. The number of benzene rings is 2. The molecule has 1 aliphatic rings. The van der Waals surface area contributed by atoms with Crippen LogP contribution in [0.2, 0.25) is 5.02 Å². The van der Waals surface area contributed by atoms with E-state index in [0.717, 1.165) is 11.1 Å². The van der Waals surface area contributed by atoms with Crippen molar-refractivity contribution in [3.05, 3.63) is 94.3 Å². The van der Waals surface area contributed by atoms with Crippen molar-refractivity contribution >= 4 is 40.0 Å². The second-order valence-corrected chi connectivity index (χ2v) is 8.69. The Bertz CT molecular complexity index is 1120. The number of nitrogens with zero attached hydrogens (tertiary/aromatic N) is 1. The fraction of sp³-hybridized carbons (Fsp3) is 0.136. The van der Waals surface area contributed by atoms with E-state index in [-0.39, 0.29) is 11.7 Å². The number of amides is 1. The van der Waals surface area contributed by atoms with Crippen LogP contribution in [0.4, 0.5) is 5.69 Å². The van der Waals surface area contributed by atoms with Gasteiger partial charge in [0.2, 0.25) is 0 Å². The van der Waals surface area contributed by atoms with Crippen LogP contribution in [0.15, 0.2) is 67.0 Å². The number of nitrogens with one attached hydrogen (secondary N) is 2. The van der Waals surface area contributed by atoms with Gasteiger partial charge in [-0.2, -0.15) is 0 Å². The van der Waals surface area contributed by atoms with Gasteiger partial charge in [0.25, 0.3) is 5.91 Å².